The van der Waals surface area contributed by atoms with E-state index in [1.807, 2.05) is 6.07 Å². The molecule has 1 fully saturated rings. The highest BCUT2D eigenvalue weighted by atomic mass is 35.5. The number of carbonyl (C=O) groups excluding carboxylic acids is 1. The van der Waals surface area contributed by atoms with Crippen molar-refractivity contribution < 1.29 is 9.53 Å². The van der Waals surface area contributed by atoms with E-state index in [-0.39, 0.29) is 0 Å². The van der Waals surface area contributed by atoms with E-state index in [0.29, 0.717) is 16.6 Å². The Kier molecular flexibility index (Phi) is 3.31. The van der Waals surface area contributed by atoms with Crippen LogP contribution < -0.4 is 10.6 Å². The molecule has 0 bridgehead atoms. The summed E-state index contributed by atoms with van der Waals surface area (Å²) in [5.41, 5.74) is 1.28. The van der Waals surface area contributed by atoms with E-state index in [9.17, 15) is 4.79 Å². The Hall–Kier alpha value is -1.26. The van der Waals surface area contributed by atoms with Gasteiger partial charge in [-0.15, -0.1) is 0 Å². The van der Waals surface area contributed by atoms with Gasteiger partial charge < -0.3 is 15.4 Å². The first-order valence-electron chi connectivity index (χ1n) is 5.06. The number of hydrogen-bond acceptors (Lipinski definition) is 4. The van der Waals surface area contributed by atoms with Crippen LogP contribution in [-0.4, -0.2) is 32.2 Å². The highest BCUT2D eigenvalue weighted by molar-refractivity contribution is 6.33. The molecule has 0 unspecified atom stereocenters. The quantitative estimate of drug-likeness (QED) is 0.787. The molecule has 2 N–H and O–H groups in total. The van der Waals surface area contributed by atoms with Gasteiger partial charge in [0, 0.05) is 18.8 Å². The van der Waals surface area contributed by atoms with Gasteiger partial charge in [-0.05, 0) is 18.2 Å². The largest absolute Gasteiger partial charge is 0.465 e. The first-order valence-corrected chi connectivity index (χ1v) is 5.43. The normalized spacial score (nSPS) is 15.4. The number of nitrogens with one attached hydrogen (secondary N) is 2. The van der Waals surface area contributed by atoms with Crippen LogP contribution >= 0.6 is 11.6 Å². The summed E-state index contributed by atoms with van der Waals surface area (Å²) >= 11 is 5.91. The number of esters is 1. The van der Waals surface area contributed by atoms with Crippen molar-refractivity contribution in [2.75, 3.05) is 25.5 Å². The summed E-state index contributed by atoms with van der Waals surface area (Å²) in [5.74, 6) is -0.416. The van der Waals surface area contributed by atoms with Crippen molar-refractivity contribution in [2.45, 2.75) is 6.04 Å². The van der Waals surface area contributed by atoms with Crippen molar-refractivity contribution in [2.24, 2.45) is 0 Å². The van der Waals surface area contributed by atoms with E-state index in [4.69, 9.17) is 11.6 Å². The minimum Gasteiger partial charge on any atom is -0.465 e. The summed E-state index contributed by atoms with van der Waals surface area (Å²) in [6.45, 7) is 1.88. The number of carbonyl (C=O) groups is 1. The van der Waals surface area contributed by atoms with Crippen LogP contribution in [-0.2, 0) is 4.74 Å². The summed E-state index contributed by atoms with van der Waals surface area (Å²) in [6.07, 6.45) is 0. The minimum absolute atomic E-state index is 0.390. The molecule has 0 saturated carbocycles. The van der Waals surface area contributed by atoms with Crippen molar-refractivity contribution in [3.63, 3.8) is 0 Å². The molecule has 1 saturated heterocycles. The molecule has 5 heteroatoms. The maximum Gasteiger partial charge on any atom is 0.339 e. The van der Waals surface area contributed by atoms with E-state index in [1.165, 1.54) is 7.11 Å². The van der Waals surface area contributed by atoms with Crippen molar-refractivity contribution in [3.05, 3.63) is 28.8 Å². The molecular formula is C11H13ClN2O2. The highest BCUT2D eigenvalue weighted by Gasteiger charge is 2.17. The van der Waals surface area contributed by atoms with E-state index in [1.54, 1.807) is 12.1 Å². The lowest BCUT2D eigenvalue weighted by atomic mass is 10.1. The molecule has 1 aromatic carbocycles. The molecule has 1 heterocycles. The van der Waals surface area contributed by atoms with Gasteiger partial charge >= 0.3 is 5.97 Å². The number of benzene rings is 1. The molecule has 0 radical (unpaired) electrons. The SMILES string of the molecule is COC(=O)c1cc(NC2CNC2)ccc1Cl. The summed E-state index contributed by atoms with van der Waals surface area (Å²) in [7, 11) is 1.34. The van der Waals surface area contributed by atoms with Gasteiger partial charge in [0.1, 0.15) is 0 Å². The number of halogens is 1. The van der Waals surface area contributed by atoms with Gasteiger partial charge in [0.15, 0.2) is 0 Å². The van der Waals surface area contributed by atoms with Crippen LogP contribution in [0.2, 0.25) is 5.02 Å². The van der Waals surface area contributed by atoms with E-state index in [2.05, 4.69) is 15.4 Å². The zero-order valence-electron chi connectivity index (χ0n) is 8.92. The maximum absolute atomic E-state index is 11.4. The van der Waals surface area contributed by atoms with Gasteiger partial charge in [-0.1, -0.05) is 11.6 Å². The molecule has 2 rings (SSSR count). The highest BCUT2D eigenvalue weighted by Crippen LogP contribution is 2.22. The van der Waals surface area contributed by atoms with Crippen molar-refractivity contribution in [1.82, 2.24) is 5.32 Å². The van der Waals surface area contributed by atoms with Crippen LogP contribution in [0.25, 0.3) is 0 Å². The Morgan fingerprint density at radius 2 is 2.31 bits per heavy atom. The number of rotatable bonds is 3. The monoisotopic (exact) mass is 240 g/mol. The van der Waals surface area contributed by atoms with E-state index in [0.717, 1.165) is 18.8 Å². The Balaban J connectivity index is 2.17. The lowest BCUT2D eigenvalue weighted by Gasteiger charge is -2.29. The van der Waals surface area contributed by atoms with Crippen LogP contribution in [0.4, 0.5) is 5.69 Å². The Labute approximate surface area is 98.9 Å². The number of methoxy groups -OCH3 is 1. The van der Waals surface area contributed by atoms with E-state index < -0.39 is 5.97 Å². The zero-order chi connectivity index (χ0) is 11.5. The summed E-state index contributed by atoms with van der Waals surface area (Å²) in [4.78, 5) is 11.4. The molecule has 0 spiro atoms. The molecule has 1 aliphatic rings. The van der Waals surface area contributed by atoms with Gasteiger partial charge in [0.25, 0.3) is 0 Å². The molecule has 4 nitrogen and oxygen atoms in total. The third-order valence-electron chi connectivity index (χ3n) is 2.52. The Morgan fingerprint density at radius 1 is 1.56 bits per heavy atom. The Morgan fingerprint density at radius 3 is 2.88 bits per heavy atom. The second kappa shape index (κ2) is 4.72. The molecule has 16 heavy (non-hydrogen) atoms. The van der Waals surface area contributed by atoms with Crippen LogP contribution in [0.5, 0.6) is 0 Å². The second-order valence-corrected chi connectivity index (χ2v) is 4.09. The average Bonchev–Trinajstić information content (AvgIpc) is 2.24. The van der Waals surface area contributed by atoms with E-state index >= 15 is 0 Å². The van der Waals surface area contributed by atoms with Crippen LogP contribution in [0.15, 0.2) is 18.2 Å². The minimum atomic E-state index is -0.416. The molecule has 86 valence electrons. The van der Waals surface area contributed by atoms with Crippen molar-refractivity contribution in [3.8, 4) is 0 Å². The van der Waals surface area contributed by atoms with Gasteiger partial charge in [-0.2, -0.15) is 0 Å². The van der Waals surface area contributed by atoms with Gasteiger partial charge in [0.05, 0.1) is 23.7 Å². The lowest BCUT2D eigenvalue weighted by molar-refractivity contribution is 0.0601. The number of ether oxygens (including phenoxy) is 1. The smallest absolute Gasteiger partial charge is 0.339 e. The molecule has 0 amide bonds. The molecule has 0 aromatic heterocycles. The lowest BCUT2D eigenvalue weighted by Crippen LogP contribution is -2.51. The molecule has 1 aromatic rings. The van der Waals surface area contributed by atoms with Crippen molar-refractivity contribution in [1.29, 1.82) is 0 Å². The fraction of sp³-hybridized carbons (Fsp3) is 0.364. The first-order chi connectivity index (χ1) is 7.70. The fourth-order valence-electron chi connectivity index (χ4n) is 1.51. The van der Waals surface area contributed by atoms with Gasteiger partial charge in [-0.25, -0.2) is 4.79 Å². The molecule has 0 aliphatic carbocycles. The number of hydrogen-bond donors (Lipinski definition) is 2. The third-order valence-corrected chi connectivity index (χ3v) is 2.85. The zero-order valence-corrected chi connectivity index (χ0v) is 9.67. The maximum atomic E-state index is 11.4. The number of anilines is 1. The predicted molar refractivity (Wildman–Crippen MR) is 63.1 cm³/mol. The standard InChI is InChI=1S/C11H13ClN2O2/c1-16-11(15)9-4-7(2-3-10(9)12)14-8-5-13-6-8/h2-4,8,13-14H,5-6H2,1H3. The molecular weight excluding hydrogens is 228 g/mol. The second-order valence-electron chi connectivity index (χ2n) is 3.69. The summed E-state index contributed by atoms with van der Waals surface area (Å²) < 4.78 is 4.65. The first kappa shape index (κ1) is 11.2. The molecule has 1 aliphatic heterocycles. The van der Waals surface area contributed by atoms with Crippen LogP contribution in [0, 0.1) is 0 Å². The van der Waals surface area contributed by atoms with Gasteiger partial charge in [-0.3, -0.25) is 0 Å². The Bertz CT molecular complexity index is 405. The average molecular weight is 241 g/mol. The fourth-order valence-corrected chi connectivity index (χ4v) is 1.70. The van der Waals surface area contributed by atoms with Crippen molar-refractivity contribution >= 4 is 23.3 Å². The van der Waals surface area contributed by atoms with Crippen LogP contribution in [0.1, 0.15) is 10.4 Å². The summed E-state index contributed by atoms with van der Waals surface area (Å²) in [5, 5.41) is 6.86. The summed E-state index contributed by atoms with van der Waals surface area (Å²) in [6, 6.07) is 5.69. The predicted octanol–water partition coefficient (Wildman–Crippen LogP) is 1.51. The topological polar surface area (TPSA) is 50.4 Å². The molecule has 0 atom stereocenters. The van der Waals surface area contributed by atoms with Gasteiger partial charge in [0.2, 0.25) is 0 Å². The third kappa shape index (κ3) is 2.28. The van der Waals surface area contributed by atoms with Crippen LogP contribution in [0.3, 0.4) is 0 Å².